The zero-order valence-electron chi connectivity index (χ0n) is 13.9. The molecule has 1 aromatic carbocycles. The van der Waals surface area contributed by atoms with E-state index in [9.17, 15) is 4.79 Å². The second kappa shape index (κ2) is 7.84. The summed E-state index contributed by atoms with van der Waals surface area (Å²) < 4.78 is 6.16. The predicted octanol–water partition coefficient (Wildman–Crippen LogP) is 4.57. The highest BCUT2D eigenvalue weighted by Crippen LogP contribution is 2.29. The van der Waals surface area contributed by atoms with Crippen LogP contribution in [0.3, 0.4) is 0 Å². The van der Waals surface area contributed by atoms with E-state index in [1.807, 2.05) is 24.3 Å². The molecule has 1 N–H and O–H groups in total. The minimum absolute atomic E-state index is 0.00152. The van der Waals surface area contributed by atoms with Gasteiger partial charge in [-0.2, -0.15) is 0 Å². The molecule has 6 heteroatoms. The van der Waals surface area contributed by atoms with Gasteiger partial charge < -0.3 is 10.1 Å². The second-order valence-corrected chi connectivity index (χ2v) is 8.33. The molecular weight excluding hydrogens is 328 g/mol. The quantitative estimate of drug-likeness (QED) is 0.775. The zero-order valence-corrected chi connectivity index (χ0v) is 15.5. The van der Waals surface area contributed by atoms with Crippen molar-refractivity contribution < 1.29 is 9.53 Å². The normalized spacial score (nSPS) is 11.3. The minimum atomic E-state index is -0.00152. The van der Waals surface area contributed by atoms with Crippen molar-refractivity contribution in [2.45, 2.75) is 36.9 Å². The SMILES string of the molecule is COc1cccc(NC(=O)CCSc2nc(C(C)(C)C)cs2)c1. The maximum Gasteiger partial charge on any atom is 0.225 e. The average Bonchev–Trinajstić information content (AvgIpc) is 2.96. The molecule has 0 bridgehead atoms. The molecule has 0 unspecified atom stereocenters. The Bertz CT molecular complexity index is 663. The third kappa shape index (κ3) is 5.55. The molecule has 124 valence electrons. The molecule has 1 amide bonds. The van der Waals surface area contributed by atoms with E-state index in [0.29, 0.717) is 12.2 Å². The molecule has 0 radical (unpaired) electrons. The molecule has 23 heavy (non-hydrogen) atoms. The number of thiazole rings is 1. The molecule has 0 aliphatic rings. The summed E-state index contributed by atoms with van der Waals surface area (Å²) in [4.78, 5) is 16.6. The van der Waals surface area contributed by atoms with Crippen LogP contribution in [-0.2, 0) is 10.2 Å². The van der Waals surface area contributed by atoms with Crippen molar-refractivity contribution in [3.8, 4) is 5.75 Å². The fourth-order valence-corrected chi connectivity index (χ4v) is 3.88. The van der Waals surface area contributed by atoms with Crippen LogP contribution < -0.4 is 10.1 Å². The number of nitrogens with zero attached hydrogens (tertiary/aromatic N) is 1. The topological polar surface area (TPSA) is 51.2 Å². The van der Waals surface area contributed by atoms with Crippen LogP contribution in [0.2, 0.25) is 0 Å². The fourth-order valence-electron chi connectivity index (χ4n) is 1.82. The first kappa shape index (κ1) is 17.8. The Kier molecular flexibility index (Phi) is 6.07. The Hall–Kier alpha value is -1.53. The van der Waals surface area contributed by atoms with Crippen molar-refractivity contribution in [1.29, 1.82) is 0 Å². The molecule has 0 saturated heterocycles. The van der Waals surface area contributed by atoms with Gasteiger partial charge >= 0.3 is 0 Å². The van der Waals surface area contributed by atoms with Crippen molar-refractivity contribution in [3.05, 3.63) is 35.3 Å². The number of hydrogen-bond acceptors (Lipinski definition) is 5. The molecule has 0 aliphatic carbocycles. The Morgan fingerprint density at radius 2 is 2.17 bits per heavy atom. The average molecular weight is 351 g/mol. The van der Waals surface area contributed by atoms with Gasteiger partial charge in [0.2, 0.25) is 5.91 Å². The third-order valence-electron chi connectivity index (χ3n) is 3.16. The number of carbonyl (C=O) groups is 1. The van der Waals surface area contributed by atoms with E-state index in [0.717, 1.165) is 21.5 Å². The maximum absolute atomic E-state index is 12.0. The molecule has 2 rings (SSSR count). The lowest BCUT2D eigenvalue weighted by molar-refractivity contribution is -0.115. The van der Waals surface area contributed by atoms with Crippen LogP contribution in [0.15, 0.2) is 34.0 Å². The molecule has 0 atom stereocenters. The number of ether oxygens (including phenoxy) is 1. The lowest BCUT2D eigenvalue weighted by atomic mass is 9.93. The first-order valence-corrected chi connectivity index (χ1v) is 9.28. The van der Waals surface area contributed by atoms with Crippen molar-refractivity contribution >= 4 is 34.7 Å². The Balaban J connectivity index is 1.79. The van der Waals surface area contributed by atoms with E-state index >= 15 is 0 Å². The summed E-state index contributed by atoms with van der Waals surface area (Å²) in [7, 11) is 1.61. The number of methoxy groups -OCH3 is 1. The highest BCUT2D eigenvalue weighted by atomic mass is 32.2. The number of thioether (sulfide) groups is 1. The van der Waals surface area contributed by atoms with Crippen LogP contribution in [-0.4, -0.2) is 23.8 Å². The minimum Gasteiger partial charge on any atom is -0.497 e. The molecule has 0 fully saturated rings. The summed E-state index contributed by atoms with van der Waals surface area (Å²) in [6.07, 6.45) is 0.451. The lowest BCUT2D eigenvalue weighted by Crippen LogP contribution is -2.12. The predicted molar refractivity (Wildman–Crippen MR) is 97.8 cm³/mol. The molecule has 1 heterocycles. The van der Waals surface area contributed by atoms with Gasteiger partial charge in [0, 0.05) is 34.7 Å². The van der Waals surface area contributed by atoms with Gasteiger partial charge in [0.15, 0.2) is 0 Å². The van der Waals surface area contributed by atoms with Crippen molar-refractivity contribution in [2.75, 3.05) is 18.2 Å². The van der Waals surface area contributed by atoms with Gasteiger partial charge in [0.05, 0.1) is 12.8 Å². The van der Waals surface area contributed by atoms with Crippen LogP contribution in [0.25, 0.3) is 0 Å². The summed E-state index contributed by atoms with van der Waals surface area (Å²) in [5.74, 6) is 1.44. The highest BCUT2D eigenvalue weighted by molar-refractivity contribution is 8.01. The Morgan fingerprint density at radius 3 is 2.83 bits per heavy atom. The van der Waals surface area contributed by atoms with Gasteiger partial charge in [-0.1, -0.05) is 38.6 Å². The number of amides is 1. The van der Waals surface area contributed by atoms with Gasteiger partial charge in [-0.25, -0.2) is 4.98 Å². The number of nitrogens with one attached hydrogen (secondary N) is 1. The van der Waals surface area contributed by atoms with Crippen LogP contribution >= 0.6 is 23.1 Å². The number of anilines is 1. The van der Waals surface area contributed by atoms with Crippen molar-refractivity contribution in [3.63, 3.8) is 0 Å². The molecule has 0 saturated carbocycles. The molecular formula is C17H22N2O2S2. The summed E-state index contributed by atoms with van der Waals surface area (Å²) in [6, 6.07) is 7.36. The number of benzene rings is 1. The van der Waals surface area contributed by atoms with Crippen LogP contribution in [0.1, 0.15) is 32.9 Å². The Labute approximate surface area is 145 Å². The number of hydrogen-bond donors (Lipinski definition) is 1. The molecule has 1 aromatic heterocycles. The van der Waals surface area contributed by atoms with E-state index in [4.69, 9.17) is 4.74 Å². The van der Waals surface area contributed by atoms with E-state index in [1.165, 1.54) is 0 Å². The third-order valence-corrected chi connectivity index (χ3v) is 5.18. The number of rotatable bonds is 6. The van der Waals surface area contributed by atoms with Crippen LogP contribution in [0.4, 0.5) is 5.69 Å². The second-order valence-electron chi connectivity index (χ2n) is 6.13. The summed E-state index contributed by atoms with van der Waals surface area (Å²) in [5.41, 5.74) is 1.92. The molecule has 0 spiro atoms. The highest BCUT2D eigenvalue weighted by Gasteiger charge is 2.17. The van der Waals surface area contributed by atoms with E-state index in [1.54, 1.807) is 30.2 Å². The van der Waals surface area contributed by atoms with Gasteiger partial charge in [-0.3, -0.25) is 4.79 Å². The fraction of sp³-hybridized carbons (Fsp3) is 0.412. The number of aromatic nitrogens is 1. The van der Waals surface area contributed by atoms with Gasteiger partial charge in [0.25, 0.3) is 0 Å². The number of carbonyl (C=O) groups excluding carboxylic acids is 1. The van der Waals surface area contributed by atoms with Crippen LogP contribution in [0, 0.1) is 0 Å². The van der Waals surface area contributed by atoms with E-state index in [2.05, 4.69) is 36.5 Å². The van der Waals surface area contributed by atoms with Crippen LogP contribution in [0.5, 0.6) is 5.75 Å². The maximum atomic E-state index is 12.0. The van der Waals surface area contributed by atoms with Crippen molar-refractivity contribution in [2.24, 2.45) is 0 Å². The van der Waals surface area contributed by atoms with Crippen molar-refractivity contribution in [1.82, 2.24) is 4.98 Å². The van der Waals surface area contributed by atoms with Gasteiger partial charge in [0.1, 0.15) is 10.1 Å². The first-order chi connectivity index (χ1) is 10.9. The molecule has 2 aromatic rings. The zero-order chi connectivity index (χ0) is 16.9. The summed E-state index contributed by atoms with van der Waals surface area (Å²) in [5, 5.41) is 4.98. The van der Waals surface area contributed by atoms with E-state index < -0.39 is 0 Å². The van der Waals surface area contributed by atoms with E-state index in [-0.39, 0.29) is 11.3 Å². The van der Waals surface area contributed by atoms with Gasteiger partial charge in [-0.15, -0.1) is 11.3 Å². The Morgan fingerprint density at radius 1 is 1.39 bits per heavy atom. The summed E-state index contributed by atoms with van der Waals surface area (Å²) in [6.45, 7) is 6.45. The monoisotopic (exact) mass is 350 g/mol. The largest absolute Gasteiger partial charge is 0.497 e. The first-order valence-electron chi connectivity index (χ1n) is 7.41. The summed E-state index contributed by atoms with van der Waals surface area (Å²) >= 11 is 3.27. The standard InChI is InChI=1S/C17H22N2O2S2/c1-17(2,3)14-11-23-16(19-14)22-9-8-15(20)18-12-6-5-7-13(10-12)21-4/h5-7,10-11H,8-9H2,1-4H3,(H,18,20). The van der Waals surface area contributed by atoms with Gasteiger partial charge in [-0.05, 0) is 12.1 Å². The lowest BCUT2D eigenvalue weighted by Gasteiger charge is -2.14. The smallest absolute Gasteiger partial charge is 0.225 e. The molecule has 4 nitrogen and oxygen atoms in total. The molecule has 0 aliphatic heterocycles.